The van der Waals surface area contributed by atoms with E-state index in [0.29, 0.717) is 16.5 Å². The molecule has 0 aliphatic carbocycles. The molecular weight excluding hydrogens is 289 g/mol. The topological polar surface area (TPSA) is 63.3 Å². The molecular formula is C12H11F3N4S. The lowest BCUT2D eigenvalue weighted by Gasteiger charge is -2.08. The summed E-state index contributed by atoms with van der Waals surface area (Å²) in [5.41, 5.74) is 8.73. The molecule has 1 aromatic heterocycles. The van der Waals surface area contributed by atoms with Gasteiger partial charge in [0.2, 0.25) is 0 Å². The third-order valence-electron chi connectivity index (χ3n) is 2.44. The Balaban J connectivity index is 2.15. The monoisotopic (exact) mass is 300 g/mol. The van der Waals surface area contributed by atoms with Gasteiger partial charge < -0.3 is 5.73 Å². The van der Waals surface area contributed by atoms with E-state index in [1.807, 2.05) is 0 Å². The second-order valence-corrected chi connectivity index (χ2v) is 4.85. The van der Waals surface area contributed by atoms with Crippen molar-refractivity contribution >= 4 is 27.9 Å². The molecule has 0 amide bonds. The number of rotatable bonds is 3. The van der Waals surface area contributed by atoms with Gasteiger partial charge in [0.05, 0.1) is 22.7 Å². The van der Waals surface area contributed by atoms with Crippen LogP contribution in [0.2, 0.25) is 0 Å². The minimum absolute atomic E-state index is 0.252. The van der Waals surface area contributed by atoms with Gasteiger partial charge in [0.25, 0.3) is 0 Å². The summed E-state index contributed by atoms with van der Waals surface area (Å²) in [7, 11) is 0. The summed E-state index contributed by atoms with van der Waals surface area (Å²) in [5.74, 6) is 0. The van der Waals surface area contributed by atoms with Crippen molar-refractivity contribution in [1.82, 2.24) is 4.98 Å². The average molecular weight is 300 g/mol. The quantitative estimate of drug-likeness (QED) is 0.672. The van der Waals surface area contributed by atoms with Crippen molar-refractivity contribution in [3.63, 3.8) is 0 Å². The van der Waals surface area contributed by atoms with Crippen molar-refractivity contribution in [2.24, 2.45) is 5.10 Å². The van der Waals surface area contributed by atoms with Crippen molar-refractivity contribution in [3.8, 4) is 0 Å². The molecule has 0 saturated heterocycles. The zero-order valence-electron chi connectivity index (χ0n) is 10.4. The number of nitrogens with zero attached hydrogens (tertiary/aromatic N) is 2. The number of hydrogen-bond donors (Lipinski definition) is 2. The first-order valence-electron chi connectivity index (χ1n) is 5.55. The molecule has 0 bridgehead atoms. The maximum atomic E-state index is 12.5. The molecule has 0 aliphatic heterocycles. The molecule has 0 atom stereocenters. The van der Waals surface area contributed by atoms with Crippen molar-refractivity contribution in [3.05, 3.63) is 40.9 Å². The fourth-order valence-corrected chi connectivity index (χ4v) is 2.03. The number of hydrazone groups is 1. The molecule has 0 saturated carbocycles. The molecule has 106 valence electrons. The van der Waals surface area contributed by atoms with Crippen LogP contribution in [0.5, 0.6) is 0 Å². The Bertz CT molecular complexity index is 634. The van der Waals surface area contributed by atoms with Crippen LogP contribution in [-0.2, 0) is 6.18 Å². The van der Waals surface area contributed by atoms with Gasteiger partial charge in [-0.05, 0) is 25.1 Å². The highest BCUT2D eigenvalue weighted by atomic mass is 32.1. The summed E-state index contributed by atoms with van der Waals surface area (Å²) < 4.78 is 37.6. The number of aromatic nitrogens is 1. The van der Waals surface area contributed by atoms with Gasteiger partial charge in [-0.15, -0.1) is 11.3 Å². The number of nitrogen functional groups attached to an aromatic ring is 1. The van der Waals surface area contributed by atoms with Gasteiger partial charge in [-0.2, -0.15) is 18.3 Å². The molecule has 0 unspecified atom stereocenters. The standard InChI is InChI=1S/C12H11F3N4S/c1-7(10-6-20-11(16)17-10)18-19-9-4-2-3-8(5-9)12(13,14)15/h2-6,19H,1H3,(H2,16,17)/b18-7+. The summed E-state index contributed by atoms with van der Waals surface area (Å²) >= 11 is 1.27. The van der Waals surface area contributed by atoms with E-state index in [0.717, 1.165) is 12.1 Å². The molecule has 3 N–H and O–H groups in total. The summed E-state index contributed by atoms with van der Waals surface area (Å²) in [5, 5.41) is 6.12. The van der Waals surface area contributed by atoms with Gasteiger partial charge >= 0.3 is 6.18 Å². The number of anilines is 2. The number of thiazole rings is 1. The minimum atomic E-state index is -4.38. The van der Waals surface area contributed by atoms with E-state index in [1.165, 1.54) is 23.5 Å². The predicted molar refractivity (Wildman–Crippen MR) is 73.8 cm³/mol. The first-order chi connectivity index (χ1) is 9.36. The molecule has 0 radical (unpaired) electrons. The van der Waals surface area contributed by atoms with E-state index in [2.05, 4.69) is 15.5 Å². The van der Waals surface area contributed by atoms with Crippen molar-refractivity contribution < 1.29 is 13.2 Å². The zero-order valence-corrected chi connectivity index (χ0v) is 11.2. The number of hydrogen-bond acceptors (Lipinski definition) is 5. The first kappa shape index (κ1) is 14.3. The van der Waals surface area contributed by atoms with Crippen molar-refractivity contribution in [2.45, 2.75) is 13.1 Å². The minimum Gasteiger partial charge on any atom is -0.375 e. The third kappa shape index (κ3) is 3.47. The number of benzene rings is 1. The summed E-state index contributed by atoms with van der Waals surface area (Å²) in [6, 6.07) is 4.81. The molecule has 20 heavy (non-hydrogen) atoms. The van der Waals surface area contributed by atoms with Crippen LogP contribution in [-0.4, -0.2) is 10.7 Å². The van der Waals surface area contributed by atoms with E-state index in [4.69, 9.17) is 5.73 Å². The molecule has 0 aliphatic rings. The van der Waals surface area contributed by atoms with Crippen molar-refractivity contribution in [1.29, 1.82) is 0 Å². The smallest absolute Gasteiger partial charge is 0.375 e. The lowest BCUT2D eigenvalue weighted by atomic mass is 10.2. The van der Waals surface area contributed by atoms with E-state index >= 15 is 0 Å². The molecule has 2 aromatic rings. The van der Waals surface area contributed by atoms with Gasteiger partial charge in [-0.1, -0.05) is 6.07 Å². The van der Waals surface area contributed by atoms with Gasteiger partial charge in [0, 0.05) is 5.38 Å². The maximum Gasteiger partial charge on any atom is 0.416 e. The lowest BCUT2D eigenvalue weighted by molar-refractivity contribution is -0.137. The van der Waals surface area contributed by atoms with Gasteiger partial charge in [0.15, 0.2) is 5.13 Å². The van der Waals surface area contributed by atoms with Gasteiger partial charge in [-0.25, -0.2) is 4.98 Å². The summed E-state index contributed by atoms with van der Waals surface area (Å²) in [6.45, 7) is 1.69. The predicted octanol–water partition coefficient (Wildman–Crippen LogP) is 3.58. The maximum absolute atomic E-state index is 12.5. The Morgan fingerprint density at radius 3 is 2.75 bits per heavy atom. The first-order valence-corrected chi connectivity index (χ1v) is 6.43. The average Bonchev–Trinajstić information content (AvgIpc) is 2.82. The Kier molecular flexibility index (Phi) is 3.93. The van der Waals surface area contributed by atoms with E-state index in [1.54, 1.807) is 12.3 Å². The Labute approximate surface area is 117 Å². The third-order valence-corrected chi connectivity index (χ3v) is 3.11. The number of nitrogens with one attached hydrogen (secondary N) is 1. The summed E-state index contributed by atoms with van der Waals surface area (Å²) in [6.07, 6.45) is -4.38. The number of alkyl halides is 3. The normalized spacial score (nSPS) is 12.5. The second kappa shape index (κ2) is 5.49. The van der Waals surface area contributed by atoms with Crippen LogP contribution < -0.4 is 11.2 Å². The molecule has 1 aromatic carbocycles. The van der Waals surface area contributed by atoms with Crippen LogP contribution >= 0.6 is 11.3 Å². The molecule has 1 heterocycles. The van der Waals surface area contributed by atoms with Crippen LogP contribution in [0, 0.1) is 0 Å². The van der Waals surface area contributed by atoms with E-state index in [9.17, 15) is 13.2 Å². The van der Waals surface area contributed by atoms with Gasteiger partial charge in [0.1, 0.15) is 0 Å². The molecule has 8 heteroatoms. The zero-order chi connectivity index (χ0) is 14.8. The molecule has 4 nitrogen and oxygen atoms in total. The Morgan fingerprint density at radius 2 is 2.15 bits per heavy atom. The van der Waals surface area contributed by atoms with E-state index < -0.39 is 11.7 Å². The lowest BCUT2D eigenvalue weighted by Crippen LogP contribution is -2.05. The van der Waals surface area contributed by atoms with Crippen LogP contribution in [0.3, 0.4) is 0 Å². The van der Waals surface area contributed by atoms with Crippen LogP contribution in [0.15, 0.2) is 34.7 Å². The number of nitrogens with two attached hydrogens (primary N) is 1. The highest BCUT2D eigenvalue weighted by Crippen LogP contribution is 2.30. The Hall–Kier alpha value is -2.09. The van der Waals surface area contributed by atoms with Crippen LogP contribution in [0.25, 0.3) is 0 Å². The molecule has 0 spiro atoms. The Morgan fingerprint density at radius 1 is 1.40 bits per heavy atom. The van der Waals surface area contributed by atoms with Gasteiger partial charge in [-0.3, -0.25) is 5.43 Å². The molecule has 2 rings (SSSR count). The molecule has 0 fully saturated rings. The highest BCUT2D eigenvalue weighted by molar-refractivity contribution is 7.13. The SMILES string of the molecule is C/C(=N\Nc1cccc(C(F)(F)F)c1)c1csc(N)n1. The summed E-state index contributed by atoms with van der Waals surface area (Å²) in [4.78, 5) is 4.03. The fraction of sp³-hybridized carbons (Fsp3) is 0.167. The van der Waals surface area contributed by atoms with E-state index in [-0.39, 0.29) is 5.69 Å². The highest BCUT2D eigenvalue weighted by Gasteiger charge is 2.30. The number of halogens is 3. The van der Waals surface area contributed by atoms with Crippen LogP contribution in [0.4, 0.5) is 24.0 Å². The van der Waals surface area contributed by atoms with Crippen LogP contribution in [0.1, 0.15) is 18.2 Å². The fourth-order valence-electron chi connectivity index (χ4n) is 1.42. The second-order valence-electron chi connectivity index (χ2n) is 3.96. The van der Waals surface area contributed by atoms with Crippen molar-refractivity contribution in [2.75, 3.05) is 11.2 Å². The largest absolute Gasteiger partial charge is 0.416 e.